The van der Waals surface area contributed by atoms with E-state index in [-0.39, 0.29) is 0 Å². The molecular weight excluding hydrogens is 116 g/mol. The van der Waals surface area contributed by atoms with Crippen molar-refractivity contribution >= 4 is 11.8 Å². The van der Waals surface area contributed by atoms with Crippen molar-refractivity contribution in [1.29, 1.82) is 0 Å². The van der Waals surface area contributed by atoms with Gasteiger partial charge in [0.05, 0.1) is 0 Å². The predicted octanol–water partition coefficient (Wildman–Crippen LogP) is 2.93. The van der Waals surface area contributed by atoms with Crippen LogP contribution in [0, 0.1) is 0 Å². The molecule has 0 radical (unpaired) electrons. The second-order valence-corrected chi connectivity index (χ2v) is 3.77. The zero-order chi connectivity index (χ0) is 6.41. The van der Waals surface area contributed by atoms with Gasteiger partial charge in [0, 0.05) is 5.25 Å². The highest BCUT2D eigenvalue weighted by Crippen LogP contribution is 2.13. The van der Waals surface area contributed by atoms with Crippen molar-refractivity contribution in [2.75, 3.05) is 5.75 Å². The average Bonchev–Trinajstić information content (AvgIpc) is 1.68. The first kappa shape index (κ1) is 8.35. The van der Waals surface area contributed by atoms with E-state index in [1.54, 1.807) is 0 Å². The molecule has 0 heterocycles. The van der Waals surface area contributed by atoms with Crippen molar-refractivity contribution in [1.82, 2.24) is 0 Å². The summed E-state index contributed by atoms with van der Waals surface area (Å²) in [6.07, 6.45) is 2.70. The average molecular weight is 132 g/mol. The molecule has 0 N–H and O–H groups in total. The molecule has 1 heteroatoms. The van der Waals surface area contributed by atoms with Gasteiger partial charge in [-0.2, -0.15) is 11.8 Å². The fraction of sp³-hybridized carbons (Fsp3) is 1.00. The molecule has 0 nitrogen and oxygen atoms in total. The van der Waals surface area contributed by atoms with Gasteiger partial charge in [0.2, 0.25) is 0 Å². The summed E-state index contributed by atoms with van der Waals surface area (Å²) in [6.45, 7) is 6.77. The molecule has 0 spiro atoms. The molecule has 0 aliphatic rings. The molecule has 0 unspecified atom stereocenters. The molecule has 1 atom stereocenters. The molecule has 0 aromatic rings. The van der Waals surface area contributed by atoms with Crippen molar-refractivity contribution < 1.29 is 0 Å². The zero-order valence-corrected chi connectivity index (χ0v) is 6.92. The summed E-state index contributed by atoms with van der Waals surface area (Å²) in [7, 11) is 0. The highest BCUT2D eigenvalue weighted by atomic mass is 32.2. The first-order valence-corrected chi connectivity index (χ1v) is 4.47. The largest absolute Gasteiger partial charge is 0.159 e. The zero-order valence-electron chi connectivity index (χ0n) is 6.11. The standard InChI is InChI=1S/C7H16S/c1-4-6-7(3)8-5-2/h7H,4-6H2,1-3H3/t7-/m1/s1. The van der Waals surface area contributed by atoms with Crippen molar-refractivity contribution in [3.05, 3.63) is 0 Å². The van der Waals surface area contributed by atoms with Gasteiger partial charge in [-0.3, -0.25) is 0 Å². The maximum Gasteiger partial charge on any atom is 0.00185 e. The van der Waals surface area contributed by atoms with E-state index in [0.717, 1.165) is 5.25 Å². The van der Waals surface area contributed by atoms with Crippen molar-refractivity contribution in [2.45, 2.75) is 38.9 Å². The van der Waals surface area contributed by atoms with Crippen LogP contribution in [-0.4, -0.2) is 11.0 Å². The summed E-state index contributed by atoms with van der Waals surface area (Å²) in [4.78, 5) is 0. The summed E-state index contributed by atoms with van der Waals surface area (Å²) >= 11 is 2.06. The van der Waals surface area contributed by atoms with E-state index in [2.05, 4.69) is 32.5 Å². The van der Waals surface area contributed by atoms with Crippen LogP contribution in [0.25, 0.3) is 0 Å². The molecule has 50 valence electrons. The first-order chi connectivity index (χ1) is 3.81. The lowest BCUT2D eigenvalue weighted by Gasteiger charge is -2.05. The lowest BCUT2D eigenvalue weighted by molar-refractivity contribution is 0.787. The SMILES string of the molecule is CCC[C@@H](C)SCC. The third kappa shape index (κ3) is 4.51. The van der Waals surface area contributed by atoms with E-state index >= 15 is 0 Å². The van der Waals surface area contributed by atoms with Crippen LogP contribution in [-0.2, 0) is 0 Å². The van der Waals surface area contributed by atoms with Crippen LogP contribution in [0.1, 0.15) is 33.6 Å². The molecule has 0 fully saturated rings. The van der Waals surface area contributed by atoms with Gasteiger partial charge in [-0.15, -0.1) is 0 Å². The lowest BCUT2D eigenvalue weighted by atomic mass is 10.3. The van der Waals surface area contributed by atoms with E-state index in [9.17, 15) is 0 Å². The number of hydrogen-bond acceptors (Lipinski definition) is 1. The molecule has 0 amide bonds. The van der Waals surface area contributed by atoms with Crippen LogP contribution in [0.4, 0.5) is 0 Å². The van der Waals surface area contributed by atoms with E-state index in [1.807, 2.05) is 0 Å². The Morgan fingerprint density at radius 3 is 2.38 bits per heavy atom. The van der Waals surface area contributed by atoms with Crippen LogP contribution < -0.4 is 0 Å². The normalized spacial score (nSPS) is 13.9. The molecule has 8 heavy (non-hydrogen) atoms. The topological polar surface area (TPSA) is 0 Å². The minimum atomic E-state index is 0.880. The summed E-state index contributed by atoms with van der Waals surface area (Å²) in [5.41, 5.74) is 0. The molecule has 0 aromatic carbocycles. The number of thioether (sulfide) groups is 1. The van der Waals surface area contributed by atoms with Crippen molar-refractivity contribution in [3.8, 4) is 0 Å². The second kappa shape index (κ2) is 5.49. The van der Waals surface area contributed by atoms with E-state index in [1.165, 1.54) is 18.6 Å². The smallest absolute Gasteiger partial charge is 0.00185 e. The molecule has 0 aliphatic heterocycles. The van der Waals surface area contributed by atoms with Gasteiger partial charge in [-0.1, -0.05) is 27.2 Å². The van der Waals surface area contributed by atoms with Crippen LogP contribution in [0.2, 0.25) is 0 Å². The van der Waals surface area contributed by atoms with Gasteiger partial charge >= 0.3 is 0 Å². The number of hydrogen-bond donors (Lipinski definition) is 0. The van der Waals surface area contributed by atoms with Crippen LogP contribution in [0.15, 0.2) is 0 Å². The minimum Gasteiger partial charge on any atom is -0.159 e. The van der Waals surface area contributed by atoms with Gasteiger partial charge < -0.3 is 0 Å². The molecule has 0 saturated heterocycles. The van der Waals surface area contributed by atoms with Crippen LogP contribution in [0.3, 0.4) is 0 Å². The third-order valence-electron chi connectivity index (χ3n) is 1.15. The van der Waals surface area contributed by atoms with E-state index in [4.69, 9.17) is 0 Å². The van der Waals surface area contributed by atoms with Crippen LogP contribution in [0.5, 0.6) is 0 Å². The Balaban J connectivity index is 2.92. The molecule has 0 aliphatic carbocycles. The van der Waals surface area contributed by atoms with Crippen molar-refractivity contribution in [2.24, 2.45) is 0 Å². The molecule has 0 aromatic heterocycles. The fourth-order valence-electron chi connectivity index (χ4n) is 0.774. The molecular formula is C7H16S. The Morgan fingerprint density at radius 1 is 1.38 bits per heavy atom. The fourth-order valence-corrected chi connectivity index (χ4v) is 1.75. The lowest BCUT2D eigenvalue weighted by Crippen LogP contribution is -1.93. The summed E-state index contributed by atoms with van der Waals surface area (Å²) in [5, 5.41) is 0.880. The predicted molar refractivity (Wildman–Crippen MR) is 42.5 cm³/mol. The second-order valence-electron chi connectivity index (χ2n) is 2.05. The maximum atomic E-state index is 2.30. The Morgan fingerprint density at radius 2 is 2.00 bits per heavy atom. The van der Waals surface area contributed by atoms with E-state index in [0.29, 0.717) is 0 Å². The van der Waals surface area contributed by atoms with E-state index < -0.39 is 0 Å². The van der Waals surface area contributed by atoms with Gasteiger partial charge in [0.25, 0.3) is 0 Å². The highest BCUT2D eigenvalue weighted by Gasteiger charge is 1.96. The first-order valence-electron chi connectivity index (χ1n) is 3.42. The van der Waals surface area contributed by atoms with Gasteiger partial charge in [0.1, 0.15) is 0 Å². The maximum absolute atomic E-state index is 2.30. The van der Waals surface area contributed by atoms with Gasteiger partial charge in [-0.25, -0.2) is 0 Å². The Labute approximate surface area is 57.1 Å². The number of rotatable bonds is 4. The van der Waals surface area contributed by atoms with Gasteiger partial charge in [0.15, 0.2) is 0 Å². The summed E-state index contributed by atoms with van der Waals surface area (Å²) < 4.78 is 0. The Hall–Kier alpha value is 0.350. The Bertz CT molecular complexity index is 37.7. The summed E-state index contributed by atoms with van der Waals surface area (Å²) in [5.74, 6) is 1.27. The molecule has 0 saturated carbocycles. The van der Waals surface area contributed by atoms with Gasteiger partial charge in [-0.05, 0) is 12.2 Å². The summed E-state index contributed by atoms with van der Waals surface area (Å²) in [6, 6.07) is 0. The monoisotopic (exact) mass is 132 g/mol. The molecule has 0 rings (SSSR count). The third-order valence-corrected chi connectivity index (χ3v) is 2.28. The minimum absolute atomic E-state index is 0.880. The van der Waals surface area contributed by atoms with Crippen LogP contribution >= 0.6 is 11.8 Å². The highest BCUT2D eigenvalue weighted by molar-refractivity contribution is 7.99. The van der Waals surface area contributed by atoms with Crippen molar-refractivity contribution in [3.63, 3.8) is 0 Å². The molecule has 0 bridgehead atoms. The quantitative estimate of drug-likeness (QED) is 0.566. The Kier molecular flexibility index (Phi) is 5.73.